The molecule has 0 aromatic heterocycles. The Hall–Kier alpha value is -2.38. The van der Waals surface area contributed by atoms with E-state index in [-0.39, 0.29) is 0 Å². The average molecular weight is 329 g/mol. The molecule has 128 valence electrons. The molecule has 1 unspecified atom stereocenters. The predicted octanol–water partition coefficient (Wildman–Crippen LogP) is 5.87. The zero-order valence-corrected chi connectivity index (χ0v) is 15.2. The van der Waals surface area contributed by atoms with Gasteiger partial charge in [-0.3, -0.25) is 0 Å². The Balaban J connectivity index is 1.68. The van der Waals surface area contributed by atoms with Crippen LogP contribution >= 0.6 is 0 Å². The lowest BCUT2D eigenvalue weighted by atomic mass is 9.88. The van der Waals surface area contributed by atoms with Crippen molar-refractivity contribution in [1.29, 1.82) is 0 Å². The minimum atomic E-state index is 0.369. The van der Waals surface area contributed by atoms with Gasteiger partial charge in [-0.05, 0) is 49.1 Å². The van der Waals surface area contributed by atoms with Gasteiger partial charge in [0.1, 0.15) is 0 Å². The lowest BCUT2D eigenvalue weighted by Crippen LogP contribution is -2.22. The number of hydrogen-bond donors (Lipinski definition) is 1. The van der Waals surface area contributed by atoms with Gasteiger partial charge in [0, 0.05) is 12.0 Å². The number of rotatable bonds is 7. The Kier molecular flexibility index (Phi) is 6.03. The van der Waals surface area contributed by atoms with Crippen molar-refractivity contribution < 1.29 is 0 Å². The molecule has 0 radical (unpaired) electrons. The van der Waals surface area contributed by atoms with Gasteiger partial charge < -0.3 is 5.32 Å². The summed E-state index contributed by atoms with van der Waals surface area (Å²) in [6, 6.07) is 30.7. The fourth-order valence-corrected chi connectivity index (χ4v) is 3.52. The topological polar surface area (TPSA) is 12.0 Å². The van der Waals surface area contributed by atoms with Crippen LogP contribution in [0.2, 0.25) is 0 Å². The second-order valence-corrected chi connectivity index (χ2v) is 6.70. The van der Waals surface area contributed by atoms with Crippen LogP contribution in [0.25, 0.3) is 0 Å². The van der Waals surface area contributed by atoms with E-state index < -0.39 is 0 Å². The summed E-state index contributed by atoms with van der Waals surface area (Å²) in [4.78, 5) is 0. The molecule has 3 aromatic rings. The molecular weight excluding hydrogens is 302 g/mol. The lowest BCUT2D eigenvalue weighted by Gasteiger charge is -2.21. The van der Waals surface area contributed by atoms with Gasteiger partial charge in [-0.1, -0.05) is 84.9 Å². The highest BCUT2D eigenvalue weighted by Gasteiger charge is 2.14. The Morgan fingerprint density at radius 3 is 1.80 bits per heavy atom. The smallest absolute Gasteiger partial charge is 0.0294 e. The van der Waals surface area contributed by atoms with E-state index in [0.717, 1.165) is 13.0 Å². The highest BCUT2D eigenvalue weighted by Crippen LogP contribution is 2.28. The Morgan fingerprint density at radius 2 is 1.24 bits per heavy atom. The van der Waals surface area contributed by atoms with Gasteiger partial charge in [0.15, 0.2) is 0 Å². The molecule has 1 nitrogen and oxygen atoms in total. The Morgan fingerprint density at radius 1 is 0.720 bits per heavy atom. The van der Waals surface area contributed by atoms with Crippen molar-refractivity contribution in [2.24, 2.45) is 0 Å². The third kappa shape index (κ3) is 4.58. The van der Waals surface area contributed by atoms with E-state index in [1.807, 2.05) is 0 Å². The van der Waals surface area contributed by atoms with Crippen LogP contribution in [0.15, 0.2) is 84.9 Å². The zero-order chi connectivity index (χ0) is 17.5. The molecule has 0 aliphatic rings. The van der Waals surface area contributed by atoms with Gasteiger partial charge in [-0.15, -0.1) is 0 Å². The van der Waals surface area contributed by atoms with E-state index in [4.69, 9.17) is 0 Å². The summed E-state index contributed by atoms with van der Waals surface area (Å²) >= 11 is 0. The standard InChI is InChI=1S/C24H27N/c1-19-11-9-10-16-23(19)20(2)25-18-17-24(21-12-5-3-6-13-21)22-14-7-4-8-15-22/h3-16,20,24-25H,17-18H2,1-2H3. The minimum absolute atomic E-state index is 0.369. The maximum Gasteiger partial charge on any atom is 0.0294 e. The number of aryl methyl sites for hydroxylation is 1. The number of nitrogens with one attached hydrogen (secondary N) is 1. The fourth-order valence-electron chi connectivity index (χ4n) is 3.52. The molecule has 1 heteroatoms. The SMILES string of the molecule is Cc1ccccc1C(C)NCCC(c1ccccc1)c1ccccc1. The molecule has 0 saturated carbocycles. The number of hydrogen-bond acceptors (Lipinski definition) is 1. The van der Waals surface area contributed by atoms with E-state index in [1.54, 1.807) is 0 Å². The normalized spacial score (nSPS) is 12.3. The minimum Gasteiger partial charge on any atom is -0.310 e. The predicted molar refractivity (Wildman–Crippen MR) is 107 cm³/mol. The van der Waals surface area contributed by atoms with Crippen molar-refractivity contribution in [2.45, 2.75) is 32.2 Å². The molecule has 3 rings (SSSR count). The van der Waals surface area contributed by atoms with Crippen LogP contribution in [-0.2, 0) is 0 Å². The molecule has 0 aliphatic heterocycles. The molecule has 1 atom stereocenters. The van der Waals surface area contributed by atoms with Gasteiger partial charge in [0.2, 0.25) is 0 Å². The Labute approximate surface area is 151 Å². The van der Waals surface area contributed by atoms with Crippen molar-refractivity contribution in [3.63, 3.8) is 0 Å². The van der Waals surface area contributed by atoms with Crippen LogP contribution in [-0.4, -0.2) is 6.54 Å². The van der Waals surface area contributed by atoms with Crippen molar-refractivity contribution in [3.05, 3.63) is 107 Å². The molecule has 0 fully saturated rings. The summed E-state index contributed by atoms with van der Waals surface area (Å²) in [6.45, 7) is 5.43. The van der Waals surface area contributed by atoms with Gasteiger partial charge in [-0.2, -0.15) is 0 Å². The maximum absolute atomic E-state index is 3.71. The molecule has 0 bridgehead atoms. The van der Waals surface area contributed by atoms with E-state index in [1.165, 1.54) is 22.3 Å². The van der Waals surface area contributed by atoms with Crippen LogP contribution in [0.4, 0.5) is 0 Å². The van der Waals surface area contributed by atoms with E-state index in [9.17, 15) is 0 Å². The van der Waals surface area contributed by atoms with Gasteiger partial charge >= 0.3 is 0 Å². The fraction of sp³-hybridized carbons (Fsp3) is 0.250. The first kappa shape index (κ1) is 17.4. The highest BCUT2D eigenvalue weighted by atomic mass is 14.9. The summed E-state index contributed by atoms with van der Waals surface area (Å²) in [5.41, 5.74) is 5.52. The van der Waals surface area contributed by atoms with Crippen LogP contribution in [0.1, 0.15) is 47.6 Å². The largest absolute Gasteiger partial charge is 0.310 e. The Bertz CT molecular complexity index is 725. The van der Waals surface area contributed by atoms with Crippen LogP contribution in [0.5, 0.6) is 0 Å². The molecule has 0 heterocycles. The summed E-state index contributed by atoms with van der Waals surface area (Å²) in [7, 11) is 0. The summed E-state index contributed by atoms with van der Waals surface area (Å²) < 4.78 is 0. The quantitative estimate of drug-likeness (QED) is 0.572. The van der Waals surface area contributed by atoms with Crippen LogP contribution in [0, 0.1) is 6.92 Å². The van der Waals surface area contributed by atoms with Crippen molar-refractivity contribution in [3.8, 4) is 0 Å². The molecular formula is C24H27N. The highest BCUT2D eigenvalue weighted by molar-refractivity contribution is 5.32. The summed E-state index contributed by atoms with van der Waals surface area (Å²) in [5.74, 6) is 0.430. The monoisotopic (exact) mass is 329 g/mol. The lowest BCUT2D eigenvalue weighted by molar-refractivity contribution is 0.538. The summed E-state index contributed by atoms with van der Waals surface area (Å²) in [6.07, 6.45) is 1.09. The summed E-state index contributed by atoms with van der Waals surface area (Å²) in [5, 5.41) is 3.71. The van der Waals surface area contributed by atoms with Crippen molar-refractivity contribution in [2.75, 3.05) is 6.54 Å². The van der Waals surface area contributed by atoms with Crippen molar-refractivity contribution >= 4 is 0 Å². The molecule has 0 spiro atoms. The second kappa shape index (κ2) is 8.64. The molecule has 0 aliphatic carbocycles. The van der Waals surface area contributed by atoms with Crippen LogP contribution in [0.3, 0.4) is 0 Å². The van der Waals surface area contributed by atoms with E-state index >= 15 is 0 Å². The third-order valence-electron chi connectivity index (χ3n) is 4.94. The molecule has 3 aromatic carbocycles. The van der Waals surface area contributed by atoms with Crippen molar-refractivity contribution in [1.82, 2.24) is 5.32 Å². The first-order valence-corrected chi connectivity index (χ1v) is 9.14. The van der Waals surface area contributed by atoms with Gasteiger partial charge in [0.05, 0.1) is 0 Å². The molecule has 1 N–H and O–H groups in total. The second-order valence-electron chi connectivity index (χ2n) is 6.70. The third-order valence-corrected chi connectivity index (χ3v) is 4.94. The van der Waals surface area contributed by atoms with E-state index in [0.29, 0.717) is 12.0 Å². The zero-order valence-electron chi connectivity index (χ0n) is 15.2. The van der Waals surface area contributed by atoms with Gasteiger partial charge in [0.25, 0.3) is 0 Å². The molecule has 25 heavy (non-hydrogen) atoms. The molecule has 0 saturated heterocycles. The van der Waals surface area contributed by atoms with Gasteiger partial charge in [-0.25, -0.2) is 0 Å². The first-order chi connectivity index (χ1) is 12.3. The maximum atomic E-state index is 3.71. The van der Waals surface area contributed by atoms with Crippen LogP contribution < -0.4 is 5.32 Å². The first-order valence-electron chi connectivity index (χ1n) is 9.14. The molecule has 0 amide bonds. The number of benzene rings is 3. The van der Waals surface area contributed by atoms with E-state index in [2.05, 4.69) is 104 Å². The average Bonchev–Trinajstić information content (AvgIpc) is 2.67.